The Bertz CT molecular complexity index is 415. The van der Waals surface area contributed by atoms with Crippen molar-refractivity contribution in [2.24, 2.45) is 0 Å². The van der Waals surface area contributed by atoms with E-state index in [9.17, 15) is 4.79 Å². The van der Waals surface area contributed by atoms with Crippen LogP contribution < -0.4 is 4.90 Å². The van der Waals surface area contributed by atoms with E-state index in [-0.39, 0.29) is 6.61 Å². The summed E-state index contributed by atoms with van der Waals surface area (Å²) in [6.45, 7) is 6.59. The number of carbonyl (C=O) groups is 1. The van der Waals surface area contributed by atoms with Crippen molar-refractivity contribution in [2.75, 3.05) is 24.6 Å². The number of aliphatic hydroxyl groups excluding tert-OH is 1. The van der Waals surface area contributed by atoms with Gasteiger partial charge < -0.3 is 15.1 Å². The molecule has 0 aliphatic rings. The fraction of sp³-hybridized carbons (Fsp3) is 0.308. The minimum absolute atomic E-state index is 0.0492. The number of anilines is 1. The van der Waals surface area contributed by atoms with Gasteiger partial charge in [0, 0.05) is 18.8 Å². The first-order valence-electron chi connectivity index (χ1n) is 5.40. The Hall–Kier alpha value is -1.81. The molecule has 2 N–H and O–H groups in total. The maximum atomic E-state index is 10.9. The van der Waals surface area contributed by atoms with Crippen LogP contribution >= 0.6 is 0 Å². The number of carboxylic acids is 1. The topological polar surface area (TPSA) is 60.8 Å². The summed E-state index contributed by atoms with van der Waals surface area (Å²) in [5.74, 6) is -0.925. The average molecular weight is 235 g/mol. The zero-order chi connectivity index (χ0) is 12.8. The maximum absolute atomic E-state index is 10.9. The van der Waals surface area contributed by atoms with Crippen LogP contribution in [0.3, 0.4) is 0 Å². The number of hydrogen-bond acceptors (Lipinski definition) is 3. The summed E-state index contributed by atoms with van der Waals surface area (Å²) >= 11 is 0. The third kappa shape index (κ3) is 3.32. The number of aromatic carboxylic acids is 1. The maximum Gasteiger partial charge on any atom is 0.335 e. The molecule has 4 heteroatoms. The minimum Gasteiger partial charge on any atom is -0.478 e. The molecule has 92 valence electrons. The van der Waals surface area contributed by atoms with Crippen molar-refractivity contribution in [1.82, 2.24) is 0 Å². The molecule has 0 aromatic heterocycles. The van der Waals surface area contributed by atoms with E-state index in [4.69, 9.17) is 10.2 Å². The van der Waals surface area contributed by atoms with E-state index in [1.165, 1.54) is 0 Å². The Morgan fingerprint density at radius 2 is 2.24 bits per heavy atom. The van der Waals surface area contributed by atoms with Crippen LogP contribution in [0.1, 0.15) is 15.9 Å². The predicted octanol–water partition coefficient (Wildman–Crippen LogP) is 1.68. The SMILES string of the molecule is C=CCN(CCO)c1ccc(C(=O)O)c(C)c1. The second-order valence-electron chi connectivity index (χ2n) is 3.76. The third-order valence-electron chi connectivity index (χ3n) is 2.52. The Kier molecular flexibility index (Phi) is 4.72. The molecule has 0 radical (unpaired) electrons. The lowest BCUT2D eigenvalue weighted by atomic mass is 10.1. The number of aliphatic hydroxyl groups is 1. The molecule has 0 fully saturated rings. The van der Waals surface area contributed by atoms with Gasteiger partial charge in [-0.15, -0.1) is 6.58 Å². The summed E-state index contributed by atoms with van der Waals surface area (Å²) in [4.78, 5) is 12.8. The smallest absolute Gasteiger partial charge is 0.335 e. The third-order valence-corrected chi connectivity index (χ3v) is 2.52. The van der Waals surface area contributed by atoms with Crippen molar-refractivity contribution in [3.8, 4) is 0 Å². The summed E-state index contributed by atoms with van der Waals surface area (Å²) in [7, 11) is 0. The monoisotopic (exact) mass is 235 g/mol. The van der Waals surface area contributed by atoms with E-state index < -0.39 is 5.97 Å². The van der Waals surface area contributed by atoms with Gasteiger partial charge in [-0.3, -0.25) is 0 Å². The Balaban J connectivity index is 3.01. The van der Waals surface area contributed by atoms with Crippen LogP contribution in [0.15, 0.2) is 30.9 Å². The number of carboxylic acid groups (broad SMARTS) is 1. The fourth-order valence-corrected chi connectivity index (χ4v) is 1.69. The van der Waals surface area contributed by atoms with Gasteiger partial charge in [0.05, 0.1) is 12.2 Å². The van der Waals surface area contributed by atoms with Crippen molar-refractivity contribution in [3.05, 3.63) is 42.0 Å². The zero-order valence-corrected chi connectivity index (χ0v) is 9.89. The van der Waals surface area contributed by atoms with Gasteiger partial charge in [-0.1, -0.05) is 6.08 Å². The number of nitrogens with zero attached hydrogens (tertiary/aromatic N) is 1. The highest BCUT2D eigenvalue weighted by molar-refractivity contribution is 5.89. The summed E-state index contributed by atoms with van der Waals surface area (Å²) in [5.41, 5.74) is 1.90. The lowest BCUT2D eigenvalue weighted by molar-refractivity contribution is 0.0696. The number of hydrogen-bond donors (Lipinski definition) is 2. The molecule has 1 aromatic carbocycles. The molecule has 0 saturated carbocycles. The minimum atomic E-state index is -0.925. The van der Waals surface area contributed by atoms with Crippen molar-refractivity contribution < 1.29 is 15.0 Å². The van der Waals surface area contributed by atoms with Crippen LogP contribution in [0.5, 0.6) is 0 Å². The zero-order valence-electron chi connectivity index (χ0n) is 9.89. The fourth-order valence-electron chi connectivity index (χ4n) is 1.69. The predicted molar refractivity (Wildman–Crippen MR) is 67.6 cm³/mol. The summed E-state index contributed by atoms with van der Waals surface area (Å²) in [6.07, 6.45) is 1.75. The summed E-state index contributed by atoms with van der Waals surface area (Å²) in [6, 6.07) is 5.14. The van der Waals surface area contributed by atoms with Gasteiger partial charge in [-0.05, 0) is 30.7 Å². The van der Waals surface area contributed by atoms with Crippen LogP contribution in [-0.2, 0) is 0 Å². The normalized spacial score (nSPS) is 10.0. The highest BCUT2D eigenvalue weighted by atomic mass is 16.4. The molecule has 0 aliphatic carbocycles. The second-order valence-corrected chi connectivity index (χ2v) is 3.76. The molecule has 0 bridgehead atoms. The van der Waals surface area contributed by atoms with Crippen molar-refractivity contribution in [2.45, 2.75) is 6.92 Å². The first kappa shape index (κ1) is 13.3. The molecular formula is C13H17NO3. The van der Waals surface area contributed by atoms with Gasteiger partial charge in [0.2, 0.25) is 0 Å². The molecule has 1 aromatic rings. The molecule has 0 unspecified atom stereocenters. The van der Waals surface area contributed by atoms with Gasteiger partial charge in [0.25, 0.3) is 0 Å². The molecule has 0 saturated heterocycles. The average Bonchev–Trinajstić information content (AvgIpc) is 2.28. The van der Waals surface area contributed by atoms with Gasteiger partial charge in [-0.25, -0.2) is 4.79 Å². The molecule has 0 aliphatic heterocycles. The highest BCUT2D eigenvalue weighted by Gasteiger charge is 2.10. The second kappa shape index (κ2) is 6.06. The quantitative estimate of drug-likeness (QED) is 0.736. The van der Waals surface area contributed by atoms with Crippen molar-refractivity contribution in [3.63, 3.8) is 0 Å². The number of benzene rings is 1. The van der Waals surface area contributed by atoms with Crippen LogP contribution in [0.2, 0.25) is 0 Å². The molecule has 0 heterocycles. The Morgan fingerprint density at radius 1 is 1.53 bits per heavy atom. The molecule has 4 nitrogen and oxygen atoms in total. The molecule has 17 heavy (non-hydrogen) atoms. The first-order chi connectivity index (χ1) is 8.10. The van der Waals surface area contributed by atoms with Gasteiger partial charge in [0.15, 0.2) is 0 Å². The molecule has 1 rings (SSSR count). The molecule has 0 spiro atoms. The van der Waals surface area contributed by atoms with Gasteiger partial charge in [0.1, 0.15) is 0 Å². The Morgan fingerprint density at radius 3 is 2.71 bits per heavy atom. The summed E-state index contributed by atoms with van der Waals surface area (Å²) in [5, 5.41) is 17.9. The van der Waals surface area contributed by atoms with E-state index in [0.717, 1.165) is 5.69 Å². The van der Waals surface area contributed by atoms with Gasteiger partial charge >= 0.3 is 5.97 Å². The van der Waals surface area contributed by atoms with E-state index in [1.807, 2.05) is 11.0 Å². The van der Waals surface area contributed by atoms with Crippen molar-refractivity contribution in [1.29, 1.82) is 0 Å². The summed E-state index contributed by atoms with van der Waals surface area (Å²) < 4.78 is 0. The number of rotatable bonds is 6. The molecule has 0 atom stereocenters. The lowest BCUT2D eigenvalue weighted by Gasteiger charge is -2.23. The first-order valence-corrected chi connectivity index (χ1v) is 5.40. The van der Waals surface area contributed by atoms with E-state index in [1.54, 1.807) is 25.1 Å². The largest absolute Gasteiger partial charge is 0.478 e. The van der Waals surface area contributed by atoms with Crippen LogP contribution in [0.25, 0.3) is 0 Å². The van der Waals surface area contributed by atoms with Gasteiger partial charge in [-0.2, -0.15) is 0 Å². The van der Waals surface area contributed by atoms with Crippen molar-refractivity contribution >= 4 is 11.7 Å². The van der Waals surface area contributed by atoms with Crippen LogP contribution in [-0.4, -0.2) is 35.9 Å². The number of aryl methyl sites for hydroxylation is 1. The lowest BCUT2D eigenvalue weighted by Crippen LogP contribution is -2.26. The highest BCUT2D eigenvalue weighted by Crippen LogP contribution is 2.19. The Labute approximate surface area is 101 Å². The van der Waals surface area contributed by atoms with Crippen LogP contribution in [0.4, 0.5) is 5.69 Å². The van der Waals surface area contributed by atoms with E-state index in [2.05, 4.69) is 6.58 Å². The van der Waals surface area contributed by atoms with E-state index in [0.29, 0.717) is 24.2 Å². The van der Waals surface area contributed by atoms with Crippen LogP contribution in [0, 0.1) is 6.92 Å². The van der Waals surface area contributed by atoms with E-state index >= 15 is 0 Å². The molecule has 0 amide bonds. The standard InChI is InChI=1S/C13H17NO3/c1-3-6-14(7-8-15)11-4-5-12(13(16)17)10(2)9-11/h3-5,9,15H,1,6-8H2,2H3,(H,16,17). The molecular weight excluding hydrogens is 218 g/mol.